The predicted octanol–water partition coefficient (Wildman–Crippen LogP) is 3.92. The molecule has 0 fully saturated rings. The maximum atomic E-state index is 12.8. The minimum Gasteiger partial charge on any atom is -0.295 e. The molecule has 0 atom stereocenters. The molecular formula is C18H21NO3S. The number of aryl methyl sites for hydroxylation is 2. The van der Waals surface area contributed by atoms with E-state index in [0.29, 0.717) is 16.1 Å². The zero-order valence-corrected chi connectivity index (χ0v) is 14.8. The fourth-order valence-corrected chi connectivity index (χ4v) is 4.24. The third-order valence-electron chi connectivity index (χ3n) is 4.11. The Balaban J connectivity index is 2.46. The van der Waals surface area contributed by atoms with Gasteiger partial charge in [-0.25, -0.2) is 8.42 Å². The lowest BCUT2D eigenvalue weighted by Crippen LogP contribution is -2.17. The van der Waals surface area contributed by atoms with Crippen molar-refractivity contribution in [3.63, 3.8) is 0 Å². The van der Waals surface area contributed by atoms with E-state index in [1.807, 2.05) is 33.8 Å². The van der Waals surface area contributed by atoms with Gasteiger partial charge in [-0.05, 0) is 81.1 Å². The van der Waals surface area contributed by atoms with Crippen LogP contribution in [0.2, 0.25) is 0 Å². The van der Waals surface area contributed by atoms with E-state index >= 15 is 0 Å². The first-order valence-electron chi connectivity index (χ1n) is 7.34. The van der Waals surface area contributed by atoms with E-state index in [1.165, 1.54) is 6.92 Å². The summed E-state index contributed by atoms with van der Waals surface area (Å²) in [5.41, 5.74) is 4.38. The number of carbonyl (C=O) groups is 1. The van der Waals surface area contributed by atoms with Crippen molar-refractivity contribution in [1.82, 2.24) is 0 Å². The summed E-state index contributed by atoms with van der Waals surface area (Å²) < 4.78 is 28.2. The number of carbonyl (C=O) groups excluding carboxylic acids is 1. The van der Waals surface area contributed by atoms with Crippen molar-refractivity contribution in [2.45, 2.75) is 39.5 Å². The Morgan fingerprint density at radius 3 is 1.83 bits per heavy atom. The standard InChI is InChI=1S/C18H21NO3S/c1-11-10-12(2)14(4)18(13(11)3)23(21,22)19-17-8-6-16(7-9-17)15(5)20/h6-10,19H,1-5H3. The number of rotatable bonds is 4. The number of benzene rings is 2. The Hall–Kier alpha value is -2.14. The van der Waals surface area contributed by atoms with E-state index < -0.39 is 10.0 Å². The van der Waals surface area contributed by atoms with E-state index in [4.69, 9.17) is 0 Å². The molecule has 1 N–H and O–H groups in total. The fraction of sp³-hybridized carbons (Fsp3) is 0.278. The highest BCUT2D eigenvalue weighted by Gasteiger charge is 2.22. The first-order valence-corrected chi connectivity index (χ1v) is 8.83. The molecule has 0 amide bonds. The van der Waals surface area contributed by atoms with Crippen LogP contribution in [-0.2, 0) is 10.0 Å². The first-order chi connectivity index (χ1) is 10.6. The minimum absolute atomic E-state index is 0.0552. The highest BCUT2D eigenvalue weighted by atomic mass is 32.2. The predicted molar refractivity (Wildman–Crippen MR) is 92.6 cm³/mol. The van der Waals surface area contributed by atoms with Crippen molar-refractivity contribution < 1.29 is 13.2 Å². The molecule has 0 bridgehead atoms. The van der Waals surface area contributed by atoms with Gasteiger partial charge in [0.2, 0.25) is 0 Å². The number of sulfonamides is 1. The van der Waals surface area contributed by atoms with Crippen LogP contribution in [0.15, 0.2) is 35.2 Å². The molecule has 23 heavy (non-hydrogen) atoms. The maximum Gasteiger partial charge on any atom is 0.262 e. The molecule has 122 valence electrons. The highest BCUT2D eigenvalue weighted by molar-refractivity contribution is 7.92. The lowest BCUT2D eigenvalue weighted by molar-refractivity contribution is 0.101. The van der Waals surface area contributed by atoms with E-state index in [1.54, 1.807) is 24.3 Å². The topological polar surface area (TPSA) is 63.2 Å². The number of hydrogen-bond acceptors (Lipinski definition) is 3. The summed E-state index contributed by atoms with van der Waals surface area (Å²) in [7, 11) is -3.69. The molecule has 0 unspecified atom stereocenters. The SMILES string of the molecule is CC(=O)c1ccc(NS(=O)(=O)c2c(C)c(C)cc(C)c2C)cc1. The van der Waals surface area contributed by atoms with Crippen molar-refractivity contribution in [1.29, 1.82) is 0 Å². The van der Waals surface area contributed by atoms with E-state index in [2.05, 4.69) is 4.72 Å². The van der Waals surface area contributed by atoms with Crippen LogP contribution in [0.1, 0.15) is 39.5 Å². The summed E-state index contributed by atoms with van der Waals surface area (Å²) in [6, 6.07) is 8.41. The van der Waals surface area contributed by atoms with Gasteiger partial charge in [0.05, 0.1) is 4.90 Å². The lowest BCUT2D eigenvalue weighted by Gasteiger charge is -2.16. The molecule has 0 aliphatic heterocycles. The summed E-state index contributed by atoms with van der Waals surface area (Å²) in [4.78, 5) is 11.6. The second kappa shape index (κ2) is 6.16. The van der Waals surface area contributed by atoms with Crippen molar-refractivity contribution in [2.24, 2.45) is 0 Å². The molecule has 2 aromatic carbocycles. The van der Waals surface area contributed by atoms with E-state index in [-0.39, 0.29) is 5.78 Å². The van der Waals surface area contributed by atoms with Crippen LogP contribution in [0.25, 0.3) is 0 Å². The second-order valence-electron chi connectivity index (χ2n) is 5.83. The minimum atomic E-state index is -3.69. The molecule has 0 radical (unpaired) electrons. The molecule has 0 heterocycles. The molecule has 5 heteroatoms. The molecule has 0 aliphatic carbocycles. The summed E-state index contributed by atoms with van der Waals surface area (Å²) in [6.45, 7) is 8.91. The van der Waals surface area contributed by atoms with Crippen LogP contribution in [-0.4, -0.2) is 14.2 Å². The smallest absolute Gasteiger partial charge is 0.262 e. The van der Waals surface area contributed by atoms with Crippen LogP contribution in [0, 0.1) is 27.7 Å². The molecule has 0 saturated heterocycles. The van der Waals surface area contributed by atoms with E-state index in [9.17, 15) is 13.2 Å². The summed E-state index contributed by atoms with van der Waals surface area (Å²) >= 11 is 0. The number of nitrogens with one attached hydrogen (secondary N) is 1. The van der Waals surface area contributed by atoms with Gasteiger partial charge < -0.3 is 0 Å². The number of hydrogen-bond donors (Lipinski definition) is 1. The monoisotopic (exact) mass is 331 g/mol. The molecule has 0 aliphatic rings. The van der Waals surface area contributed by atoms with Crippen molar-refractivity contribution in [2.75, 3.05) is 4.72 Å². The van der Waals surface area contributed by atoms with Crippen LogP contribution in [0.5, 0.6) is 0 Å². The number of Topliss-reactive ketones (excluding diaryl/α,β-unsaturated/α-hetero) is 1. The summed E-state index contributed by atoms with van der Waals surface area (Å²) in [5.74, 6) is -0.0552. The van der Waals surface area contributed by atoms with Gasteiger partial charge in [-0.3, -0.25) is 9.52 Å². The van der Waals surface area contributed by atoms with Crippen LogP contribution < -0.4 is 4.72 Å². The molecule has 2 rings (SSSR count). The van der Waals surface area contributed by atoms with Crippen LogP contribution in [0.4, 0.5) is 5.69 Å². The fourth-order valence-electron chi connectivity index (χ4n) is 2.56. The van der Waals surface area contributed by atoms with Crippen molar-refractivity contribution >= 4 is 21.5 Å². The Morgan fingerprint density at radius 1 is 0.913 bits per heavy atom. The van der Waals surface area contributed by atoms with Gasteiger partial charge in [-0.1, -0.05) is 6.07 Å². The average Bonchev–Trinajstić information content (AvgIpc) is 2.45. The Morgan fingerprint density at radius 2 is 1.39 bits per heavy atom. The Bertz CT molecular complexity index is 840. The van der Waals surface area contributed by atoms with Gasteiger partial charge in [-0.15, -0.1) is 0 Å². The summed E-state index contributed by atoms with van der Waals surface area (Å²) in [6.07, 6.45) is 0. The number of ketones is 1. The molecule has 0 saturated carbocycles. The maximum absolute atomic E-state index is 12.8. The van der Waals surface area contributed by atoms with Gasteiger partial charge in [0.15, 0.2) is 5.78 Å². The van der Waals surface area contributed by atoms with E-state index in [0.717, 1.165) is 22.3 Å². The normalized spacial score (nSPS) is 11.3. The highest BCUT2D eigenvalue weighted by Crippen LogP contribution is 2.27. The van der Waals surface area contributed by atoms with Crippen LogP contribution >= 0.6 is 0 Å². The average molecular weight is 331 g/mol. The zero-order chi connectivity index (χ0) is 17.4. The quantitative estimate of drug-likeness (QED) is 0.864. The Labute approximate surface area is 137 Å². The molecule has 0 aromatic heterocycles. The zero-order valence-electron chi connectivity index (χ0n) is 14.0. The van der Waals surface area contributed by atoms with Gasteiger partial charge in [0.25, 0.3) is 10.0 Å². The number of anilines is 1. The molecule has 0 spiro atoms. The van der Waals surface area contributed by atoms with Gasteiger partial charge in [-0.2, -0.15) is 0 Å². The van der Waals surface area contributed by atoms with Gasteiger partial charge >= 0.3 is 0 Å². The first kappa shape index (κ1) is 17.2. The van der Waals surface area contributed by atoms with Gasteiger partial charge in [0.1, 0.15) is 0 Å². The second-order valence-corrected chi connectivity index (χ2v) is 7.45. The third-order valence-corrected chi connectivity index (χ3v) is 5.76. The third kappa shape index (κ3) is 3.45. The van der Waals surface area contributed by atoms with Crippen molar-refractivity contribution in [3.8, 4) is 0 Å². The summed E-state index contributed by atoms with van der Waals surface area (Å²) in [5, 5.41) is 0. The molecule has 4 nitrogen and oxygen atoms in total. The van der Waals surface area contributed by atoms with Crippen LogP contribution in [0.3, 0.4) is 0 Å². The Kier molecular flexibility index (Phi) is 4.61. The molecular weight excluding hydrogens is 310 g/mol. The lowest BCUT2D eigenvalue weighted by atomic mass is 10.0. The van der Waals surface area contributed by atoms with Gasteiger partial charge in [0, 0.05) is 11.3 Å². The van der Waals surface area contributed by atoms with Crippen molar-refractivity contribution in [3.05, 3.63) is 58.1 Å². The molecule has 2 aromatic rings. The largest absolute Gasteiger partial charge is 0.295 e.